The van der Waals surface area contributed by atoms with Gasteiger partial charge in [0.1, 0.15) is 11.6 Å². The molecule has 2 aromatic heterocycles. The van der Waals surface area contributed by atoms with Crippen molar-refractivity contribution in [3.63, 3.8) is 0 Å². The number of nitrogens with zero attached hydrogens (tertiary/aromatic N) is 4. The van der Waals surface area contributed by atoms with Gasteiger partial charge in [-0.25, -0.2) is 9.97 Å². The quantitative estimate of drug-likeness (QED) is 0.604. The number of pyridine rings is 1. The fourth-order valence-electron chi connectivity index (χ4n) is 4.26. The molecule has 146 valence electrons. The molecule has 0 saturated carbocycles. The molecule has 3 aromatic rings. The molecule has 4 heteroatoms. The summed E-state index contributed by atoms with van der Waals surface area (Å²) >= 11 is 0. The van der Waals surface area contributed by atoms with Gasteiger partial charge < -0.3 is 4.90 Å². The lowest BCUT2D eigenvalue weighted by Gasteiger charge is -2.32. The SMILES string of the molecule is CCc1nccn1-c1cccc(C2CCCN(CCCc3ccccc3)C2)n1. The van der Waals surface area contributed by atoms with Gasteiger partial charge in [-0.15, -0.1) is 0 Å². The fourth-order valence-corrected chi connectivity index (χ4v) is 4.26. The van der Waals surface area contributed by atoms with Crippen molar-refractivity contribution in [2.75, 3.05) is 19.6 Å². The van der Waals surface area contributed by atoms with Gasteiger partial charge in [-0.05, 0) is 56.5 Å². The van der Waals surface area contributed by atoms with Crippen molar-refractivity contribution in [1.82, 2.24) is 19.4 Å². The molecule has 1 unspecified atom stereocenters. The molecule has 1 fully saturated rings. The van der Waals surface area contributed by atoms with Crippen molar-refractivity contribution >= 4 is 0 Å². The van der Waals surface area contributed by atoms with Gasteiger partial charge in [0.2, 0.25) is 0 Å². The topological polar surface area (TPSA) is 34.0 Å². The second-order valence-corrected chi connectivity index (χ2v) is 7.72. The highest BCUT2D eigenvalue weighted by Crippen LogP contribution is 2.26. The molecule has 1 saturated heterocycles. The van der Waals surface area contributed by atoms with E-state index in [-0.39, 0.29) is 0 Å². The molecule has 0 amide bonds. The Morgan fingerprint density at radius 3 is 2.82 bits per heavy atom. The highest BCUT2D eigenvalue weighted by Gasteiger charge is 2.22. The van der Waals surface area contributed by atoms with E-state index in [1.165, 1.54) is 43.6 Å². The zero-order valence-corrected chi connectivity index (χ0v) is 16.8. The van der Waals surface area contributed by atoms with Gasteiger partial charge in [0, 0.05) is 37.0 Å². The largest absolute Gasteiger partial charge is 0.303 e. The molecule has 1 aliphatic rings. The van der Waals surface area contributed by atoms with Crippen LogP contribution in [0.2, 0.25) is 0 Å². The standard InChI is InChI=1S/C24H30N4/c1-2-23-25-15-18-28(23)24-14-6-13-22(26-24)21-12-8-17-27(19-21)16-7-11-20-9-4-3-5-10-20/h3-6,9-10,13-15,18,21H,2,7-8,11-12,16-17,19H2,1H3. The molecule has 0 bridgehead atoms. The van der Waals surface area contributed by atoms with Crippen molar-refractivity contribution in [3.8, 4) is 5.82 Å². The molecule has 0 N–H and O–H groups in total. The Morgan fingerprint density at radius 1 is 1.07 bits per heavy atom. The van der Waals surface area contributed by atoms with Gasteiger partial charge in [0.25, 0.3) is 0 Å². The van der Waals surface area contributed by atoms with Gasteiger partial charge >= 0.3 is 0 Å². The third kappa shape index (κ3) is 4.50. The van der Waals surface area contributed by atoms with Gasteiger partial charge in [0.05, 0.1) is 0 Å². The molecule has 3 heterocycles. The Balaban J connectivity index is 1.38. The Bertz CT molecular complexity index is 871. The van der Waals surface area contributed by atoms with Gasteiger partial charge in [-0.3, -0.25) is 4.57 Å². The molecule has 0 radical (unpaired) electrons. The first-order valence-electron chi connectivity index (χ1n) is 10.6. The summed E-state index contributed by atoms with van der Waals surface area (Å²) in [4.78, 5) is 12.1. The molecule has 4 nitrogen and oxygen atoms in total. The predicted molar refractivity (Wildman–Crippen MR) is 114 cm³/mol. The second kappa shape index (κ2) is 9.16. The maximum absolute atomic E-state index is 5.01. The van der Waals surface area contributed by atoms with Crippen molar-refractivity contribution in [2.45, 2.75) is 44.9 Å². The lowest BCUT2D eigenvalue weighted by Crippen LogP contribution is -2.35. The molecule has 0 spiro atoms. The molecule has 28 heavy (non-hydrogen) atoms. The van der Waals surface area contributed by atoms with Crippen LogP contribution in [0.5, 0.6) is 0 Å². The number of aryl methyl sites for hydroxylation is 2. The third-order valence-corrected chi connectivity index (χ3v) is 5.74. The zero-order chi connectivity index (χ0) is 19.2. The van der Waals surface area contributed by atoms with E-state index in [2.05, 4.69) is 69.9 Å². The van der Waals surface area contributed by atoms with Crippen LogP contribution in [-0.2, 0) is 12.8 Å². The Morgan fingerprint density at radius 2 is 1.96 bits per heavy atom. The highest BCUT2D eigenvalue weighted by atomic mass is 15.1. The maximum Gasteiger partial charge on any atom is 0.138 e. The van der Waals surface area contributed by atoms with Crippen LogP contribution in [0.4, 0.5) is 0 Å². The Labute approximate surface area is 168 Å². The predicted octanol–water partition coefficient (Wildman–Crippen LogP) is 4.64. The van der Waals surface area contributed by atoms with Crippen molar-refractivity contribution in [1.29, 1.82) is 0 Å². The summed E-state index contributed by atoms with van der Waals surface area (Å²) in [6.45, 7) is 5.64. The van der Waals surface area contributed by atoms with Crippen LogP contribution in [-0.4, -0.2) is 39.1 Å². The highest BCUT2D eigenvalue weighted by molar-refractivity contribution is 5.28. The molecule has 1 aliphatic heterocycles. The van der Waals surface area contributed by atoms with E-state index in [9.17, 15) is 0 Å². The summed E-state index contributed by atoms with van der Waals surface area (Å²) in [5.74, 6) is 2.59. The van der Waals surface area contributed by atoms with E-state index in [0.29, 0.717) is 5.92 Å². The third-order valence-electron chi connectivity index (χ3n) is 5.74. The van der Waals surface area contributed by atoms with Crippen LogP contribution in [0.3, 0.4) is 0 Å². The summed E-state index contributed by atoms with van der Waals surface area (Å²) in [6.07, 6.45) is 9.67. The average molecular weight is 375 g/mol. The minimum absolute atomic E-state index is 0.527. The summed E-state index contributed by atoms with van der Waals surface area (Å²) < 4.78 is 2.12. The number of hydrogen-bond donors (Lipinski definition) is 0. The molecule has 0 aliphatic carbocycles. The zero-order valence-electron chi connectivity index (χ0n) is 16.8. The number of likely N-dealkylation sites (tertiary alicyclic amines) is 1. The van der Waals surface area contributed by atoms with E-state index in [1.54, 1.807) is 0 Å². The lowest BCUT2D eigenvalue weighted by molar-refractivity contribution is 0.204. The van der Waals surface area contributed by atoms with E-state index in [4.69, 9.17) is 4.98 Å². The van der Waals surface area contributed by atoms with Crippen molar-refractivity contribution in [3.05, 3.63) is 78.0 Å². The maximum atomic E-state index is 5.01. The Kier molecular flexibility index (Phi) is 6.17. The van der Waals surface area contributed by atoms with Crippen LogP contribution in [0, 0.1) is 0 Å². The number of piperidine rings is 1. The number of benzene rings is 1. The van der Waals surface area contributed by atoms with E-state index in [1.807, 2.05) is 12.4 Å². The molecular formula is C24H30N4. The second-order valence-electron chi connectivity index (χ2n) is 7.72. The number of aromatic nitrogens is 3. The van der Waals surface area contributed by atoms with Crippen LogP contribution in [0.25, 0.3) is 5.82 Å². The minimum atomic E-state index is 0.527. The Hall–Kier alpha value is -2.46. The van der Waals surface area contributed by atoms with E-state index < -0.39 is 0 Å². The van der Waals surface area contributed by atoms with Crippen molar-refractivity contribution < 1.29 is 0 Å². The summed E-state index contributed by atoms with van der Waals surface area (Å²) in [5.41, 5.74) is 2.67. The first-order valence-corrected chi connectivity index (χ1v) is 10.6. The summed E-state index contributed by atoms with van der Waals surface area (Å²) in [7, 11) is 0. The van der Waals surface area contributed by atoms with Crippen LogP contribution < -0.4 is 0 Å². The summed E-state index contributed by atoms with van der Waals surface area (Å²) in [5, 5.41) is 0. The number of rotatable bonds is 7. The first kappa shape index (κ1) is 18.9. The number of hydrogen-bond acceptors (Lipinski definition) is 3. The minimum Gasteiger partial charge on any atom is -0.303 e. The summed E-state index contributed by atoms with van der Waals surface area (Å²) in [6, 6.07) is 17.3. The number of imidazole rings is 1. The lowest BCUT2D eigenvalue weighted by atomic mass is 9.94. The average Bonchev–Trinajstić information content (AvgIpc) is 3.24. The normalized spacial score (nSPS) is 17.7. The monoisotopic (exact) mass is 374 g/mol. The van der Waals surface area contributed by atoms with Crippen LogP contribution >= 0.6 is 0 Å². The molecular weight excluding hydrogens is 344 g/mol. The first-order chi connectivity index (χ1) is 13.8. The van der Waals surface area contributed by atoms with Gasteiger partial charge in [0.15, 0.2) is 0 Å². The van der Waals surface area contributed by atoms with Crippen molar-refractivity contribution in [2.24, 2.45) is 0 Å². The van der Waals surface area contributed by atoms with E-state index >= 15 is 0 Å². The van der Waals surface area contributed by atoms with Crippen LogP contribution in [0.1, 0.15) is 49.2 Å². The van der Waals surface area contributed by atoms with Crippen LogP contribution in [0.15, 0.2) is 60.9 Å². The molecule has 1 atom stereocenters. The van der Waals surface area contributed by atoms with E-state index in [0.717, 1.165) is 31.0 Å². The fraction of sp³-hybridized carbons (Fsp3) is 0.417. The molecule has 4 rings (SSSR count). The van der Waals surface area contributed by atoms with Gasteiger partial charge in [-0.2, -0.15) is 0 Å². The molecule has 1 aromatic carbocycles. The van der Waals surface area contributed by atoms with Gasteiger partial charge in [-0.1, -0.05) is 43.3 Å². The smallest absolute Gasteiger partial charge is 0.138 e.